The molecule has 7 heteroatoms. The molecule has 0 aliphatic carbocycles. The highest BCUT2D eigenvalue weighted by atomic mass is 16.6. The average Bonchev–Trinajstić information content (AvgIpc) is 2.13. The van der Waals surface area contributed by atoms with E-state index in [1.807, 2.05) is 0 Å². The van der Waals surface area contributed by atoms with Crippen molar-refractivity contribution in [3.63, 3.8) is 0 Å². The van der Waals surface area contributed by atoms with Gasteiger partial charge in [-0.3, -0.25) is 9.59 Å². The summed E-state index contributed by atoms with van der Waals surface area (Å²) < 4.78 is 4.98. The van der Waals surface area contributed by atoms with Gasteiger partial charge >= 0.3 is 12.1 Å². The van der Waals surface area contributed by atoms with Crippen molar-refractivity contribution in [2.24, 2.45) is 0 Å². The van der Waals surface area contributed by atoms with Gasteiger partial charge < -0.3 is 20.5 Å². The summed E-state index contributed by atoms with van der Waals surface area (Å²) in [6.07, 6.45) is -0.853. The van der Waals surface area contributed by atoms with Gasteiger partial charge in [0.25, 0.3) is 0 Å². The molecule has 0 saturated carbocycles. The predicted molar refractivity (Wildman–Crippen MR) is 64.1 cm³/mol. The maximum Gasteiger partial charge on any atom is 0.408 e. The molecule has 2 amide bonds. The number of carboxylic acids is 1. The van der Waals surface area contributed by atoms with Crippen LogP contribution in [0.4, 0.5) is 4.79 Å². The van der Waals surface area contributed by atoms with Crippen molar-refractivity contribution in [1.29, 1.82) is 0 Å². The number of hydrogen-bond donors (Lipinski definition) is 3. The molecule has 104 valence electrons. The molecule has 0 rings (SSSR count). The highest BCUT2D eigenvalue weighted by Crippen LogP contribution is 2.06. The van der Waals surface area contributed by atoms with Crippen LogP contribution >= 0.6 is 0 Å². The molecular weight excluding hydrogens is 240 g/mol. The molecule has 0 radical (unpaired) electrons. The van der Waals surface area contributed by atoms with Crippen molar-refractivity contribution in [2.75, 3.05) is 6.54 Å². The fraction of sp³-hybridized carbons (Fsp3) is 0.727. The molecular formula is C11H20N2O5. The summed E-state index contributed by atoms with van der Waals surface area (Å²) in [4.78, 5) is 33.0. The van der Waals surface area contributed by atoms with E-state index in [0.717, 1.165) is 0 Å². The molecule has 0 aromatic carbocycles. The topological polar surface area (TPSA) is 105 Å². The largest absolute Gasteiger partial charge is 0.481 e. The summed E-state index contributed by atoms with van der Waals surface area (Å²) in [5.41, 5.74) is -0.635. The van der Waals surface area contributed by atoms with Crippen LogP contribution in [0.3, 0.4) is 0 Å². The predicted octanol–water partition coefficient (Wildman–Crippen LogP) is 0.491. The zero-order valence-corrected chi connectivity index (χ0v) is 11.1. The lowest BCUT2D eigenvalue weighted by molar-refractivity contribution is -0.137. The maximum atomic E-state index is 11.5. The Morgan fingerprint density at radius 1 is 1.28 bits per heavy atom. The minimum absolute atomic E-state index is 0.0223. The van der Waals surface area contributed by atoms with Crippen LogP contribution in [0.5, 0.6) is 0 Å². The van der Waals surface area contributed by atoms with Gasteiger partial charge in [0.15, 0.2) is 0 Å². The second-order valence-electron chi connectivity index (χ2n) is 4.80. The number of carbonyl (C=O) groups excluding carboxylic acids is 2. The standard InChI is InChI=1S/C11H20N2O5/c1-7(9(16)12-6-5-8(14)15)13-10(17)18-11(2,3)4/h7H,5-6H2,1-4H3,(H,12,16)(H,13,17)(H,14,15). The third-order valence-corrected chi connectivity index (χ3v) is 1.76. The van der Waals surface area contributed by atoms with E-state index in [1.54, 1.807) is 20.8 Å². The van der Waals surface area contributed by atoms with Crippen molar-refractivity contribution >= 4 is 18.0 Å². The fourth-order valence-corrected chi connectivity index (χ4v) is 0.996. The minimum atomic E-state index is -0.997. The number of carbonyl (C=O) groups is 3. The second-order valence-corrected chi connectivity index (χ2v) is 4.80. The first-order valence-corrected chi connectivity index (χ1v) is 5.61. The Balaban J connectivity index is 4.00. The van der Waals surface area contributed by atoms with E-state index in [0.29, 0.717) is 0 Å². The van der Waals surface area contributed by atoms with Crippen molar-refractivity contribution in [2.45, 2.75) is 45.8 Å². The highest BCUT2D eigenvalue weighted by molar-refractivity contribution is 5.85. The van der Waals surface area contributed by atoms with Gasteiger partial charge in [0.1, 0.15) is 11.6 Å². The van der Waals surface area contributed by atoms with Crippen molar-refractivity contribution in [3.8, 4) is 0 Å². The van der Waals surface area contributed by atoms with E-state index < -0.39 is 29.6 Å². The van der Waals surface area contributed by atoms with Gasteiger partial charge in [0, 0.05) is 6.54 Å². The lowest BCUT2D eigenvalue weighted by atomic mass is 10.2. The number of hydrogen-bond acceptors (Lipinski definition) is 4. The fourth-order valence-electron chi connectivity index (χ4n) is 0.996. The molecule has 0 heterocycles. The first kappa shape index (κ1) is 16.2. The number of amides is 2. The van der Waals surface area contributed by atoms with E-state index in [4.69, 9.17) is 9.84 Å². The van der Waals surface area contributed by atoms with Crippen LogP contribution < -0.4 is 10.6 Å². The van der Waals surface area contributed by atoms with E-state index in [2.05, 4.69) is 10.6 Å². The normalized spacial score (nSPS) is 12.4. The van der Waals surface area contributed by atoms with Gasteiger partial charge in [0.2, 0.25) is 5.91 Å². The minimum Gasteiger partial charge on any atom is -0.481 e. The molecule has 0 fully saturated rings. The number of carboxylic acid groups (broad SMARTS) is 1. The van der Waals surface area contributed by atoms with E-state index >= 15 is 0 Å². The van der Waals surface area contributed by atoms with E-state index in [9.17, 15) is 14.4 Å². The van der Waals surface area contributed by atoms with Gasteiger partial charge in [-0.15, -0.1) is 0 Å². The van der Waals surface area contributed by atoms with Gasteiger partial charge in [-0.25, -0.2) is 4.79 Å². The van der Waals surface area contributed by atoms with Gasteiger partial charge in [0.05, 0.1) is 6.42 Å². The molecule has 0 aliphatic rings. The van der Waals surface area contributed by atoms with Gasteiger partial charge in [-0.05, 0) is 27.7 Å². The molecule has 0 saturated heterocycles. The van der Waals surface area contributed by atoms with Crippen molar-refractivity contribution in [1.82, 2.24) is 10.6 Å². The molecule has 0 aromatic rings. The summed E-state index contributed by atoms with van der Waals surface area (Å²) in [7, 11) is 0. The first-order chi connectivity index (χ1) is 8.11. The van der Waals surface area contributed by atoms with E-state index in [1.165, 1.54) is 6.92 Å². The SMILES string of the molecule is CC(NC(=O)OC(C)(C)C)C(=O)NCCC(=O)O. The van der Waals surface area contributed by atoms with Crippen LogP contribution in [0.1, 0.15) is 34.1 Å². The zero-order valence-electron chi connectivity index (χ0n) is 11.1. The first-order valence-electron chi connectivity index (χ1n) is 5.61. The molecule has 7 nitrogen and oxygen atoms in total. The third kappa shape index (κ3) is 8.37. The lowest BCUT2D eigenvalue weighted by Crippen LogP contribution is -2.46. The Morgan fingerprint density at radius 3 is 2.28 bits per heavy atom. The molecule has 3 N–H and O–H groups in total. The van der Waals surface area contributed by atoms with Crippen molar-refractivity contribution < 1.29 is 24.2 Å². The van der Waals surface area contributed by atoms with Gasteiger partial charge in [-0.2, -0.15) is 0 Å². The zero-order chi connectivity index (χ0) is 14.3. The van der Waals surface area contributed by atoms with E-state index in [-0.39, 0.29) is 13.0 Å². The Labute approximate surface area is 106 Å². The van der Waals surface area contributed by atoms with Crippen LogP contribution in [0.2, 0.25) is 0 Å². The lowest BCUT2D eigenvalue weighted by Gasteiger charge is -2.21. The Kier molecular flexibility index (Phi) is 6.15. The summed E-state index contributed by atoms with van der Waals surface area (Å²) >= 11 is 0. The summed E-state index contributed by atoms with van der Waals surface area (Å²) in [6.45, 7) is 6.65. The molecule has 0 aliphatic heterocycles. The van der Waals surface area contributed by atoms with Crippen LogP contribution in [-0.2, 0) is 14.3 Å². The number of aliphatic carboxylic acids is 1. The smallest absolute Gasteiger partial charge is 0.408 e. The Bertz CT molecular complexity index is 322. The summed E-state index contributed by atoms with van der Waals surface area (Å²) in [5.74, 6) is -1.45. The highest BCUT2D eigenvalue weighted by Gasteiger charge is 2.20. The van der Waals surface area contributed by atoms with Crippen molar-refractivity contribution in [3.05, 3.63) is 0 Å². The molecule has 1 atom stereocenters. The molecule has 18 heavy (non-hydrogen) atoms. The monoisotopic (exact) mass is 260 g/mol. The quantitative estimate of drug-likeness (QED) is 0.667. The number of alkyl carbamates (subject to hydrolysis) is 1. The van der Waals surface area contributed by atoms with Crippen LogP contribution in [-0.4, -0.2) is 41.3 Å². The number of ether oxygens (including phenoxy) is 1. The molecule has 0 aromatic heterocycles. The van der Waals surface area contributed by atoms with Crippen LogP contribution in [0.25, 0.3) is 0 Å². The number of rotatable bonds is 5. The molecule has 1 unspecified atom stereocenters. The van der Waals surface area contributed by atoms with Crippen LogP contribution in [0, 0.1) is 0 Å². The third-order valence-electron chi connectivity index (χ3n) is 1.76. The Morgan fingerprint density at radius 2 is 1.83 bits per heavy atom. The number of nitrogens with one attached hydrogen (secondary N) is 2. The summed E-state index contributed by atoms with van der Waals surface area (Å²) in [5, 5.41) is 13.1. The molecule has 0 spiro atoms. The second kappa shape index (κ2) is 6.83. The van der Waals surface area contributed by atoms with Crippen LogP contribution in [0.15, 0.2) is 0 Å². The molecule has 0 bridgehead atoms. The summed E-state index contributed by atoms with van der Waals surface area (Å²) in [6, 6.07) is -0.784. The maximum absolute atomic E-state index is 11.5. The van der Waals surface area contributed by atoms with Gasteiger partial charge in [-0.1, -0.05) is 0 Å². The Hall–Kier alpha value is -1.79. The average molecular weight is 260 g/mol.